The van der Waals surface area contributed by atoms with Crippen molar-refractivity contribution in [1.82, 2.24) is 4.98 Å². The third-order valence-electron chi connectivity index (χ3n) is 4.37. The Hall–Kier alpha value is -2.30. The van der Waals surface area contributed by atoms with Crippen molar-refractivity contribution in [3.8, 4) is 0 Å². The molecule has 1 unspecified atom stereocenters. The van der Waals surface area contributed by atoms with Crippen molar-refractivity contribution in [3.05, 3.63) is 47.0 Å². The summed E-state index contributed by atoms with van der Waals surface area (Å²) in [6.07, 6.45) is 0.0583. The smallest absolute Gasteiger partial charge is 0.304 e. The third-order valence-corrected chi connectivity index (χ3v) is 8.35. The van der Waals surface area contributed by atoms with E-state index in [1.54, 1.807) is 23.6 Å². The molecule has 0 spiro atoms. The Morgan fingerprint density at radius 1 is 1.39 bits per heavy atom. The van der Waals surface area contributed by atoms with Crippen LogP contribution in [0.4, 0.5) is 5.69 Å². The number of aliphatic carboxylic acids is 1. The Kier molecular flexibility index (Phi) is 4.94. The normalized spacial score (nSPS) is 17.0. The zero-order valence-electron chi connectivity index (χ0n) is 14.8. The molecule has 1 aliphatic heterocycles. The molecule has 0 radical (unpaired) electrons. The molecule has 10 heteroatoms. The average molecular weight is 436 g/mol. The molecule has 28 heavy (non-hydrogen) atoms. The van der Waals surface area contributed by atoms with E-state index in [9.17, 15) is 13.2 Å². The quantitative estimate of drug-likeness (QED) is 0.547. The molecule has 1 aliphatic rings. The molecular formula is C18H17N3O4S3. The van der Waals surface area contributed by atoms with Crippen molar-refractivity contribution in [3.63, 3.8) is 0 Å². The Morgan fingerprint density at radius 2 is 2.21 bits per heavy atom. The van der Waals surface area contributed by atoms with Gasteiger partial charge in [0, 0.05) is 10.6 Å². The van der Waals surface area contributed by atoms with Gasteiger partial charge in [0.15, 0.2) is 0 Å². The topological polar surface area (TPSA) is 112 Å². The van der Waals surface area contributed by atoms with Crippen molar-refractivity contribution < 1.29 is 18.3 Å². The standard InChI is InChI=1S/C18H17N3O4S3/c1-10-4-5-13(21-28(24,25)16-3-2-6-26-16)17-12(10)8-14(20-17)18-19-9-11(27-18)7-15(22)23/h2-6,8,11,20-21H,7,9H2,1H3,(H,22,23). The molecule has 3 N–H and O–H groups in total. The van der Waals surface area contributed by atoms with E-state index in [1.807, 2.05) is 19.1 Å². The van der Waals surface area contributed by atoms with Crippen LogP contribution in [0.15, 0.2) is 44.9 Å². The summed E-state index contributed by atoms with van der Waals surface area (Å²) in [5.74, 6) is -0.841. The molecule has 3 heterocycles. The molecule has 0 amide bonds. The second kappa shape index (κ2) is 7.26. The fourth-order valence-electron chi connectivity index (χ4n) is 3.04. The Labute approximate surface area is 169 Å². The first-order valence-electron chi connectivity index (χ1n) is 8.45. The van der Waals surface area contributed by atoms with Gasteiger partial charge in [-0.15, -0.1) is 11.3 Å². The van der Waals surface area contributed by atoms with Crippen LogP contribution in [0.2, 0.25) is 0 Å². The highest BCUT2D eigenvalue weighted by Gasteiger charge is 2.25. The van der Waals surface area contributed by atoms with E-state index in [1.165, 1.54) is 11.8 Å². The first kappa shape index (κ1) is 19.0. The molecule has 146 valence electrons. The van der Waals surface area contributed by atoms with Crippen molar-refractivity contribution in [2.45, 2.75) is 22.8 Å². The molecule has 0 fully saturated rings. The number of fused-ring (bicyclic) bond motifs is 1. The molecule has 4 rings (SSSR count). The number of H-pyrrole nitrogens is 1. The molecule has 1 aromatic carbocycles. The predicted molar refractivity (Wildman–Crippen MR) is 113 cm³/mol. The summed E-state index contributed by atoms with van der Waals surface area (Å²) >= 11 is 2.59. The van der Waals surface area contributed by atoms with E-state index in [4.69, 9.17) is 5.11 Å². The molecule has 0 saturated carbocycles. The number of aryl methyl sites for hydroxylation is 1. The van der Waals surface area contributed by atoms with Crippen LogP contribution in [0.25, 0.3) is 10.9 Å². The number of thiophene rings is 1. The molecule has 0 bridgehead atoms. The number of aliphatic imine (C=N–C) groups is 1. The Balaban J connectivity index is 1.67. The molecular weight excluding hydrogens is 418 g/mol. The maximum absolute atomic E-state index is 12.6. The maximum Gasteiger partial charge on any atom is 0.304 e. The van der Waals surface area contributed by atoms with Crippen LogP contribution in [0.3, 0.4) is 0 Å². The van der Waals surface area contributed by atoms with Gasteiger partial charge in [-0.25, -0.2) is 8.42 Å². The number of nitrogens with one attached hydrogen (secondary N) is 2. The molecule has 1 atom stereocenters. The van der Waals surface area contributed by atoms with Crippen LogP contribution in [-0.4, -0.2) is 41.3 Å². The highest BCUT2D eigenvalue weighted by molar-refractivity contribution is 8.15. The van der Waals surface area contributed by atoms with Gasteiger partial charge in [0.25, 0.3) is 10.0 Å². The first-order valence-corrected chi connectivity index (χ1v) is 11.7. The zero-order valence-corrected chi connectivity index (χ0v) is 17.2. The predicted octanol–water partition coefficient (Wildman–Crippen LogP) is 3.68. The van der Waals surface area contributed by atoms with Crippen LogP contribution < -0.4 is 4.72 Å². The lowest BCUT2D eigenvalue weighted by atomic mass is 10.1. The van der Waals surface area contributed by atoms with Crippen LogP contribution in [0, 0.1) is 6.92 Å². The van der Waals surface area contributed by atoms with Crippen LogP contribution in [-0.2, 0) is 14.8 Å². The van der Waals surface area contributed by atoms with Crippen LogP contribution in [0.1, 0.15) is 17.7 Å². The summed E-state index contributed by atoms with van der Waals surface area (Å²) in [4.78, 5) is 18.6. The van der Waals surface area contributed by atoms with Gasteiger partial charge in [0.05, 0.1) is 29.9 Å². The summed E-state index contributed by atoms with van der Waals surface area (Å²) in [6, 6.07) is 8.79. The lowest BCUT2D eigenvalue weighted by Gasteiger charge is -2.08. The van der Waals surface area contributed by atoms with Crippen molar-refractivity contribution in [2.24, 2.45) is 4.99 Å². The number of benzene rings is 1. The second-order valence-electron chi connectivity index (χ2n) is 6.42. The number of carbonyl (C=O) groups is 1. The second-order valence-corrected chi connectivity index (χ2v) is 10.6. The summed E-state index contributed by atoms with van der Waals surface area (Å²) in [7, 11) is -3.66. The minimum atomic E-state index is -3.66. The monoisotopic (exact) mass is 435 g/mol. The number of rotatable bonds is 6. The van der Waals surface area contributed by atoms with Crippen molar-refractivity contribution in [2.75, 3.05) is 11.3 Å². The van der Waals surface area contributed by atoms with E-state index in [0.717, 1.165) is 33.0 Å². The summed E-state index contributed by atoms with van der Waals surface area (Å²) in [6.45, 7) is 2.41. The number of nitrogens with zero attached hydrogens (tertiary/aromatic N) is 1. The molecule has 2 aromatic heterocycles. The number of aromatic amines is 1. The molecule has 0 saturated heterocycles. The first-order chi connectivity index (χ1) is 13.3. The van der Waals surface area contributed by atoms with E-state index in [0.29, 0.717) is 17.7 Å². The maximum atomic E-state index is 12.6. The zero-order chi connectivity index (χ0) is 19.9. The minimum Gasteiger partial charge on any atom is -0.481 e. The lowest BCUT2D eigenvalue weighted by molar-refractivity contribution is -0.136. The fourth-order valence-corrected chi connectivity index (χ4v) is 6.18. The molecule has 3 aromatic rings. The largest absolute Gasteiger partial charge is 0.481 e. The van der Waals surface area contributed by atoms with Crippen molar-refractivity contribution >= 4 is 60.7 Å². The number of thioether (sulfide) groups is 1. The highest BCUT2D eigenvalue weighted by Crippen LogP contribution is 2.33. The van der Waals surface area contributed by atoms with Gasteiger partial charge in [-0.2, -0.15) is 0 Å². The van der Waals surface area contributed by atoms with Gasteiger partial charge in [-0.05, 0) is 36.1 Å². The van der Waals surface area contributed by atoms with E-state index in [2.05, 4.69) is 14.7 Å². The van der Waals surface area contributed by atoms with Gasteiger partial charge in [0.1, 0.15) is 9.25 Å². The van der Waals surface area contributed by atoms with Crippen LogP contribution >= 0.6 is 23.1 Å². The van der Waals surface area contributed by atoms with Gasteiger partial charge >= 0.3 is 5.97 Å². The summed E-state index contributed by atoms with van der Waals surface area (Å²) < 4.78 is 28.1. The van der Waals surface area contributed by atoms with E-state index in [-0.39, 0.29) is 15.9 Å². The Morgan fingerprint density at radius 3 is 2.93 bits per heavy atom. The highest BCUT2D eigenvalue weighted by atomic mass is 32.2. The van der Waals surface area contributed by atoms with Gasteiger partial charge in [-0.1, -0.05) is 23.9 Å². The van der Waals surface area contributed by atoms with Gasteiger partial charge in [-0.3, -0.25) is 14.5 Å². The van der Waals surface area contributed by atoms with E-state index < -0.39 is 16.0 Å². The molecule has 0 aliphatic carbocycles. The fraction of sp³-hybridized carbons (Fsp3) is 0.222. The van der Waals surface area contributed by atoms with E-state index >= 15 is 0 Å². The molecule has 7 nitrogen and oxygen atoms in total. The van der Waals surface area contributed by atoms with Crippen LogP contribution in [0.5, 0.6) is 0 Å². The van der Waals surface area contributed by atoms with Crippen molar-refractivity contribution in [1.29, 1.82) is 0 Å². The summed E-state index contributed by atoms with van der Waals surface area (Å²) in [5.41, 5.74) is 2.91. The minimum absolute atomic E-state index is 0.0583. The van der Waals surface area contributed by atoms with Gasteiger partial charge < -0.3 is 10.1 Å². The SMILES string of the molecule is Cc1ccc(NS(=O)(=O)c2cccs2)c2[nH]c(C3=NCC(CC(=O)O)S3)cc12. The number of carboxylic acid groups (broad SMARTS) is 1. The average Bonchev–Trinajstić information content (AvgIpc) is 3.36. The summed E-state index contributed by atoms with van der Waals surface area (Å²) in [5, 5.41) is 12.2. The number of sulfonamides is 1. The number of hydrogen-bond acceptors (Lipinski definition) is 6. The number of hydrogen-bond donors (Lipinski definition) is 3. The number of carboxylic acids is 1. The Bertz CT molecular complexity index is 1180. The third kappa shape index (κ3) is 3.67. The van der Waals surface area contributed by atoms with Gasteiger partial charge in [0.2, 0.25) is 0 Å². The lowest BCUT2D eigenvalue weighted by Crippen LogP contribution is -2.11. The number of aromatic nitrogens is 1. The number of anilines is 1.